The van der Waals surface area contributed by atoms with Crippen molar-refractivity contribution in [3.63, 3.8) is 0 Å². The summed E-state index contributed by atoms with van der Waals surface area (Å²) in [6.07, 6.45) is 4.67. The van der Waals surface area contributed by atoms with Crippen molar-refractivity contribution in [3.8, 4) is 0 Å². The molecule has 0 aromatic carbocycles. The molecule has 0 amide bonds. The number of ether oxygens (including phenoxy) is 1. The van der Waals surface area contributed by atoms with Crippen LogP contribution in [0, 0.1) is 5.92 Å². The molecule has 0 bridgehead atoms. The highest BCUT2D eigenvalue weighted by molar-refractivity contribution is 7.99. The lowest BCUT2D eigenvalue weighted by atomic mass is 10.2. The van der Waals surface area contributed by atoms with Gasteiger partial charge in [0.15, 0.2) is 0 Å². The van der Waals surface area contributed by atoms with E-state index >= 15 is 0 Å². The fraction of sp³-hybridized carbons (Fsp3) is 0.846. The summed E-state index contributed by atoms with van der Waals surface area (Å²) in [6, 6.07) is 0.417. The molecule has 0 aromatic heterocycles. The first kappa shape index (κ1) is 15.5. The van der Waals surface area contributed by atoms with Gasteiger partial charge in [0.1, 0.15) is 0 Å². The van der Waals surface area contributed by atoms with E-state index in [1.54, 1.807) is 18.7 Å². The van der Waals surface area contributed by atoms with Gasteiger partial charge in [-0.2, -0.15) is 11.8 Å². The summed E-state index contributed by atoms with van der Waals surface area (Å²) < 4.78 is 4.82. The average Bonchev–Trinajstić information content (AvgIpc) is 2.86. The van der Waals surface area contributed by atoms with Crippen LogP contribution in [0.15, 0.2) is 0 Å². The average molecular weight is 273 g/mol. The zero-order valence-electron chi connectivity index (χ0n) is 11.2. The molecule has 0 saturated heterocycles. The summed E-state index contributed by atoms with van der Waals surface area (Å²) in [5, 5.41) is 3.14. The first-order valence-corrected chi connectivity index (χ1v) is 7.84. The van der Waals surface area contributed by atoms with E-state index in [2.05, 4.69) is 5.32 Å². The number of hydrogen-bond acceptors (Lipinski definition) is 5. The molecule has 1 unspecified atom stereocenters. The Morgan fingerprint density at radius 2 is 2.06 bits per heavy atom. The van der Waals surface area contributed by atoms with Crippen molar-refractivity contribution in [3.05, 3.63) is 0 Å². The van der Waals surface area contributed by atoms with Gasteiger partial charge in [-0.25, -0.2) is 0 Å². The molecule has 0 aliphatic heterocycles. The molecule has 4 nitrogen and oxygen atoms in total. The zero-order valence-corrected chi connectivity index (χ0v) is 12.1. The van der Waals surface area contributed by atoms with E-state index in [1.807, 2.05) is 6.92 Å². The molecule has 0 aromatic rings. The SMILES string of the molecule is CCSCC(C)C(=O)OC(=O)CNC1CCCC1. The molecule has 0 spiro atoms. The van der Waals surface area contributed by atoms with Crippen LogP contribution < -0.4 is 5.32 Å². The van der Waals surface area contributed by atoms with Gasteiger partial charge < -0.3 is 10.1 Å². The second-order valence-corrected chi connectivity index (χ2v) is 6.03. The normalized spacial score (nSPS) is 17.7. The van der Waals surface area contributed by atoms with Crippen LogP contribution in [0.2, 0.25) is 0 Å². The third kappa shape index (κ3) is 5.87. The van der Waals surface area contributed by atoms with Gasteiger partial charge in [-0.15, -0.1) is 0 Å². The molecule has 18 heavy (non-hydrogen) atoms. The third-order valence-corrected chi connectivity index (χ3v) is 4.22. The minimum atomic E-state index is -0.458. The Bertz CT molecular complexity index is 277. The van der Waals surface area contributed by atoms with Gasteiger partial charge in [0.05, 0.1) is 12.5 Å². The van der Waals surface area contributed by atoms with E-state index in [4.69, 9.17) is 4.74 Å². The second kappa shape index (κ2) is 8.53. The monoisotopic (exact) mass is 273 g/mol. The molecule has 5 heteroatoms. The van der Waals surface area contributed by atoms with E-state index in [0.717, 1.165) is 18.6 Å². The van der Waals surface area contributed by atoms with Gasteiger partial charge in [0, 0.05) is 11.8 Å². The van der Waals surface area contributed by atoms with E-state index in [1.165, 1.54) is 12.8 Å². The van der Waals surface area contributed by atoms with E-state index in [0.29, 0.717) is 11.8 Å². The number of esters is 2. The maximum Gasteiger partial charge on any atom is 0.327 e. The standard InChI is InChI=1S/C13H23NO3S/c1-3-18-9-10(2)13(16)17-12(15)8-14-11-6-4-5-7-11/h10-11,14H,3-9H2,1-2H3. The fourth-order valence-electron chi connectivity index (χ4n) is 1.97. The molecule has 1 N–H and O–H groups in total. The minimum Gasteiger partial charge on any atom is -0.392 e. The number of nitrogens with one attached hydrogen (secondary N) is 1. The van der Waals surface area contributed by atoms with Crippen LogP contribution in [0.4, 0.5) is 0 Å². The first-order chi connectivity index (χ1) is 8.63. The molecule has 1 atom stereocenters. The summed E-state index contributed by atoms with van der Waals surface area (Å²) in [5.41, 5.74) is 0. The first-order valence-electron chi connectivity index (χ1n) is 6.69. The maximum absolute atomic E-state index is 11.6. The summed E-state index contributed by atoms with van der Waals surface area (Å²) in [5.74, 6) is 0.591. The van der Waals surface area contributed by atoms with Crippen LogP contribution >= 0.6 is 11.8 Å². The Morgan fingerprint density at radius 1 is 1.39 bits per heavy atom. The van der Waals surface area contributed by atoms with Gasteiger partial charge in [-0.1, -0.05) is 26.7 Å². The van der Waals surface area contributed by atoms with Crippen LogP contribution in [-0.4, -0.2) is 36.0 Å². The highest BCUT2D eigenvalue weighted by atomic mass is 32.2. The van der Waals surface area contributed by atoms with Crippen molar-refractivity contribution in [2.24, 2.45) is 5.92 Å². The number of carbonyl (C=O) groups is 2. The van der Waals surface area contributed by atoms with Gasteiger partial charge in [-0.05, 0) is 18.6 Å². The van der Waals surface area contributed by atoms with Crippen molar-refractivity contribution in [1.82, 2.24) is 5.32 Å². The lowest BCUT2D eigenvalue weighted by Gasteiger charge is -2.12. The molecule has 1 aliphatic rings. The molecule has 1 aliphatic carbocycles. The molecule has 1 rings (SSSR count). The summed E-state index contributed by atoms with van der Waals surface area (Å²) in [6.45, 7) is 3.98. The second-order valence-electron chi connectivity index (χ2n) is 4.72. The Kier molecular flexibility index (Phi) is 7.35. The highest BCUT2D eigenvalue weighted by Crippen LogP contribution is 2.17. The van der Waals surface area contributed by atoms with Crippen molar-refractivity contribution in [2.45, 2.75) is 45.6 Å². The Labute approximate surface area is 113 Å². The quantitative estimate of drug-likeness (QED) is 0.568. The van der Waals surface area contributed by atoms with Gasteiger partial charge in [0.2, 0.25) is 0 Å². The Morgan fingerprint density at radius 3 is 2.67 bits per heavy atom. The predicted octanol–water partition coefficient (Wildman–Crippen LogP) is 1.98. The van der Waals surface area contributed by atoms with Crippen LogP contribution in [-0.2, 0) is 14.3 Å². The molecular weight excluding hydrogens is 250 g/mol. The predicted molar refractivity (Wildman–Crippen MR) is 73.5 cm³/mol. The number of rotatable bonds is 7. The van der Waals surface area contributed by atoms with E-state index in [9.17, 15) is 9.59 Å². The lowest BCUT2D eigenvalue weighted by molar-refractivity contribution is -0.161. The number of carbonyl (C=O) groups excluding carboxylic acids is 2. The minimum absolute atomic E-state index is 0.143. The van der Waals surface area contributed by atoms with Crippen molar-refractivity contribution in [2.75, 3.05) is 18.1 Å². The molecule has 1 fully saturated rings. The van der Waals surface area contributed by atoms with Crippen molar-refractivity contribution >= 4 is 23.7 Å². The number of thioether (sulfide) groups is 1. The molecule has 104 valence electrons. The molecule has 0 radical (unpaired) electrons. The van der Waals surface area contributed by atoms with Crippen LogP contribution in [0.5, 0.6) is 0 Å². The smallest absolute Gasteiger partial charge is 0.327 e. The molecule has 1 saturated carbocycles. The molecular formula is C13H23NO3S. The molecule has 0 heterocycles. The Hall–Kier alpha value is -0.550. The van der Waals surface area contributed by atoms with Crippen LogP contribution in [0.25, 0.3) is 0 Å². The van der Waals surface area contributed by atoms with Crippen LogP contribution in [0.1, 0.15) is 39.5 Å². The topological polar surface area (TPSA) is 55.4 Å². The van der Waals surface area contributed by atoms with Crippen molar-refractivity contribution < 1.29 is 14.3 Å². The largest absolute Gasteiger partial charge is 0.392 e. The Balaban J connectivity index is 2.15. The van der Waals surface area contributed by atoms with E-state index < -0.39 is 11.9 Å². The van der Waals surface area contributed by atoms with Gasteiger partial charge in [0.25, 0.3) is 0 Å². The maximum atomic E-state index is 11.6. The number of hydrogen-bond donors (Lipinski definition) is 1. The van der Waals surface area contributed by atoms with Gasteiger partial charge >= 0.3 is 11.9 Å². The summed E-state index contributed by atoms with van der Waals surface area (Å²) in [4.78, 5) is 23.0. The highest BCUT2D eigenvalue weighted by Gasteiger charge is 2.20. The van der Waals surface area contributed by atoms with E-state index in [-0.39, 0.29) is 12.5 Å². The summed E-state index contributed by atoms with van der Waals surface area (Å²) in [7, 11) is 0. The lowest BCUT2D eigenvalue weighted by Crippen LogP contribution is -2.34. The zero-order chi connectivity index (χ0) is 13.4. The fourth-order valence-corrected chi connectivity index (χ4v) is 2.69. The van der Waals surface area contributed by atoms with Crippen LogP contribution in [0.3, 0.4) is 0 Å². The van der Waals surface area contributed by atoms with Gasteiger partial charge in [-0.3, -0.25) is 9.59 Å². The van der Waals surface area contributed by atoms with Crippen molar-refractivity contribution in [1.29, 1.82) is 0 Å². The third-order valence-electron chi connectivity index (χ3n) is 3.08. The summed E-state index contributed by atoms with van der Waals surface area (Å²) >= 11 is 1.68.